The summed E-state index contributed by atoms with van der Waals surface area (Å²) < 4.78 is 17.7. The highest BCUT2D eigenvalue weighted by Gasteiger charge is 2.29. The SMILES string of the molecule is COC(=O)C(Cc1c(-c2ccc(OC)cc2)n(-c2ncccn2)c2ccccc12)NC(=O)OC(C)(C)C. The normalized spacial score (nSPS) is 12.1. The minimum atomic E-state index is -0.993. The molecule has 1 unspecified atom stereocenters. The maximum atomic E-state index is 12.8. The Kier molecular flexibility index (Phi) is 7.42. The van der Waals surface area contributed by atoms with Crippen LogP contribution in [0, 0.1) is 0 Å². The van der Waals surface area contributed by atoms with Crippen LogP contribution in [-0.2, 0) is 20.7 Å². The molecule has 0 saturated carbocycles. The molecule has 0 saturated heterocycles. The number of benzene rings is 2. The molecular formula is C28H30N4O5. The molecule has 0 fully saturated rings. The maximum Gasteiger partial charge on any atom is 0.408 e. The first-order valence-corrected chi connectivity index (χ1v) is 11.8. The molecule has 37 heavy (non-hydrogen) atoms. The van der Waals surface area contributed by atoms with E-state index >= 15 is 0 Å². The van der Waals surface area contributed by atoms with Crippen molar-refractivity contribution in [1.82, 2.24) is 19.9 Å². The highest BCUT2D eigenvalue weighted by Crippen LogP contribution is 2.37. The first-order chi connectivity index (χ1) is 17.7. The largest absolute Gasteiger partial charge is 0.497 e. The molecule has 2 aromatic heterocycles. The number of rotatable bonds is 7. The van der Waals surface area contributed by atoms with Gasteiger partial charge in [0.05, 0.1) is 25.4 Å². The van der Waals surface area contributed by atoms with E-state index in [-0.39, 0.29) is 6.42 Å². The molecule has 0 aliphatic rings. The average Bonchev–Trinajstić information content (AvgIpc) is 3.21. The Balaban J connectivity index is 1.91. The fourth-order valence-corrected chi connectivity index (χ4v) is 4.17. The van der Waals surface area contributed by atoms with Gasteiger partial charge in [0.25, 0.3) is 0 Å². The topological polar surface area (TPSA) is 105 Å². The van der Waals surface area contributed by atoms with E-state index in [4.69, 9.17) is 14.2 Å². The molecule has 4 rings (SSSR count). The summed E-state index contributed by atoms with van der Waals surface area (Å²) >= 11 is 0. The third-order valence-corrected chi connectivity index (χ3v) is 5.68. The Hall–Kier alpha value is -4.40. The highest BCUT2D eigenvalue weighted by atomic mass is 16.6. The number of nitrogens with one attached hydrogen (secondary N) is 1. The monoisotopic (exact) mass is 502 g/mol. The minimum absolute atomic E-state index is 0.146. The van der Waals surface area contributed by atoms with E-state index in [1.807, 2.05) is 53.1 Å². The number of methoxy groups -OCH3 is 2. The van der Waals surface area contributed by atoms with Crippen LogP contribution in [0.3, 0.4) is 0 Å². The zero-order valence-corrected chi connectivity index (χ0v) is 21.5. The van der Waals surface area contributed by atoms with E-state index in [0.29, 0.717) is 11.7 Å². The zero-order chi connectivity index (χ0) is 26.6. The van der Waals surface area contributed by atoms with Crippen LogP contribution in [0.15, 0.2) is 67.0 Å². The van der Waals surface area contributed by atoms with E-state index in [1.165, 1.54) is 7.11 Å². The minimum Gasteiger partial charge on any atom is -0.497 e. The summed E-state index contributed by atoms with van der Waals surface area (Å²) in [6, 6.07) is 16.2. The van der Waals surface area contributed by atoms with Gasteiger partial charge in [-0.1, -0.05) is 18.2 Å². The molecule has 192 valence electrons. The summed E-state index contributed by atoms with van der Waals surface area (Å²) in [5, 5.41) is 3.58. The predicted molar refractivity (Wildman–Crippen MR) is 140 cm³/mol. The predicted octanol–water partition coefficient (Wildman–Crippen LogP) is 4.70. The van der Waals surface area contributed by atoms with Crippen molar-refractivity contribution < 1.29 is 23.8 Å². The first kappa shape index (κ1) is 25.7. The lowest BCUT2D eigenvalue weighted by atomic mass is 9.98. The van der Waals surface area contributed by atoms with Crippen LogP contribution in [0.25, 0.3) is 28.1 Å². The van der Waals surface area contributed by atoms with Crippen molar-refractivity contribution in [3.05, 3.63) is 72.6 Å². The van der Waals surface area contributed by atoms with E-state index in [1.54, 1.807) is 46.3 Å². The van der Waals surface area contributed by atoms with Gasteiger partial charge in [0.15, 0.2) is 0 Å². The number of para-hydroxylation sites is 1. The molecule has 0 spiro atoms. The number of nitrogens with zero attached hydrogens (tertiary/aromatic N) is 3. The van der Waals surface area contributed by atoms with Gasteiger partial charge in [-0.3, -0.25) is 4.57 Å². The Labute approximate surface area is 215 Å². The van der Waals surface area contributed by atoms with E-state index in [0.717, 1.165) is 27.7 Å². The second-order valence-electron chi connectivity index (χ2n) is 9.38. The second-order valence-corrected chi connectivity index (χ2v) is 9.38. The van der Waals surface area contributed by atoms with Gasteiger partial charge in [-0.2, -0.15) is 0 Å². The molecule has 0 aliphatic carbocycles. The molecule has 0 bridgehead atoms. The number of esters is 1. The molecule has 2 heterocycles. The van der Waals surface area contributed by atoms with Crippen LogP contribution in [0.5, 0.6) is 5.75 Å². The summed E-state index contributed by atoms with van der Waals surface area (Å²) in [7, 11) is 2.90. The highest BCUT2D eigenvalue weighted by molar-refractivity contribution is 5.94. The van der Waals surface area contributed by atoms with Crippen LogP contribution >= 0.6 is 0 Å². The second kappa shape index (κ2) is 10.7. The van der Waals surface area contributed by atoms with Crippen molar-refractivity contribution in [2.45, 2.75) is 38.8 Å². The lowest BCUT2D eigenvalue weighted by Crippen LogP contribution is -2.45. The molecule has 4 aromatic rings. The van der Waals surface area contributed by atoms with Gasteiger partial charge in [0.1, 0.15) is 17.4 Å². The number of carbonyl (C=O) groups is 2. The molecule has 1 atom stereocenters. The third kappa shape index (κ3) is 5.72. The lowest BCUT2D eigenvalue weighted by Gasteiger charge is -2.23. The van der Waals surface area contributed by atoms with Crippen molar-refractivity contribution in [2.24, 2.45) is 0 Å². The van der Waals surface area contributed by atoms with Gasteiger partial charge in [-0.15, -0.1) is 0 Å². The van der Waals surface area contributed by atoms with Crippen molar-refractivity contribution in [2.75, 3.05) is 14.2 Å². The Bertz CT molecular complexity index is 1390. The van der Waals surface area contributed by atoms with E-state index in [9.17, 15) is 9.59 Å². The van der Waals surface area contributed by atoms with Crippen LogP contribution in [0.2, 0.25) is 0 Å². The van der Waals surface area contributed by atoms with Gasteiger partial charge in [-0.25, -0.2) is 19.6 Å². The molecule has 1 amide bonds. The van der Waals surface area contributed by atoms with E-state index < -0.39 is 23.7 Å². The number of carbonyl (C=O) groups excluding carboxylic acids is 2. The molecule has 1 N–H and O–H groups in total. The molecular weight excluding hydrogens is 472 g/mol. The molecule has 2 aromatic carbocycles. The maximum absolute atomic E-state index is 12.8. The fourth-order valence-electron chi connectivity index (χ4n) is 4.17. The van der Waals surface area contributed by atoms with Gasteiger partial charge in [0, 0.05) is 24.2 Å². The first-order valence-electron chi connectivity index (χ1n) is 11.8. The van der Waals surface area contributed by atoms with Gasteiger partial charge in [-0.05, 0) is 68.3 Å². The fraction of sp³-hybridized carbons (Fsp3) is 0.286. The van der Waals surface area contributed by atoms with Gasteiger partial charge in [0.2, 0.25) is 5.95 Å². The van der Waals surface area contributed by atoms with Crippen LogP contribution < -0.4 is 10.1 Å². The van der Waals surface area contributed by atoms with Crippen molar-refractivity contribution in [3.8, 4) is 23.0 Å². The van der Waals surface area contributed by atoms with Crippen LogP contribution in [-0.4, -0.2) is 52.5 Å². The number of hydrogen-bond donors (Lipinski definition) is 1. The van der Waals surface area contributed by atoms with Crippen molar-refractivity contribution in [1.29, 1.82) is 0 Å². The quantitative estimate of drug-likeness (QED) is 0.365. The summed E-state index contributed by atoms with van der Waals surface area (Å²) in [6.45, 7) is 5.28. The smallest absolute Gasteiger partial charge is 0.408 e. The number of fused-ring (bicyclic) bond motifs is 1. The Morgan fingerprint density at radius 1 is 0.973 bits per heavy atom. The third-order valence-electron chi connectivity index (χ3n) is 5.68. The average molecular weight is 503 g/mol. The Morgan fingerprint density at radius 3 is 2.27 bits per heavy atom. The summed E-state index contributed by atoms with van der Waals surface area (Å²) in [4.78, 5) is 34.4. The molecule has 0 aliphatic heterocycles. The number of hydrogen-bond acceptors (Lipinski definition) is 7. The van der Waals surface area contributed by atoms with Gasteiger partial charge >= 0.3 is 12.1 Å². The zero-order valence-electron chi connectivity index (χ0n) is 21.5. The standard InChI is InChI=1S/C28H30N4O5/c1-28(2,3)37-27(34)31-22(25(33)36-5)17-21-20-9-6-7-10-23(20)32(26-29-15-8-16-30-26)24(21)18-11-13-19(35-4)14-12-18/h6-16,22H,17H2,1-5H3,(H,31,34). The molecule has 9 heteroatoms. The van der Waals surface area contributed by atoms with Crippen LogP contribution in [0.1, 0.15) is 26.3 Å². The van der Waals surface area contributed by atoms with Gasteiger partial charge < -0.3 is 19.5 Å². The van der Waals surface area contributed by atoms with E-state index in [2.05, 4.69) is 15.3 Å². The van der Waals surface area contributed by atoms with Crippen molar-refractivity contribution in [3.63, 3.8) is 0 Å². The lowest BCUT2D eigenvalue weighted by molar-refractivity contribution is -0.143. The molecule has 0 radical (unpaired) electrons. The summed E-state index contributed by atoms with van der Waals surface area (Å²) in [5.41, 5.74) is 2.60. The molecule has 9 nitrogen and oxygen atoms in total. The summed E-state index contributed by atoms with van der Waals surface area (Å²) in [6.07, 6.45) is 2.79. The Morgan fingerprint density at radius 2 is 1.65 bits per heavy atom. The number of amides is 1. The number of ether oxygens (including phenoxy) is 3. The number of aromatic nitrogens is 3. The summed E-state index contributed by atoms with van der Waals surface area (Å²) in [5.74, 6) is 0.604. The van der Waals surface area contributed by atoms with Crippen LogP contribution in [0.4, 0.5) is 4.79 Å². The van der Waals surface area contributed by atoms with Crippen molar-refractivity contribution >= 4 is 23.0 Å². The number of alkyl carbamates (subject to hydrolysis) is 1.